The van der Waals surface area contributed by atoms with Gasteiger partial charge in [0.25, 0.3) is 0 Å². The number of carbonyl (C=O) groups is 1. The lowest BCUT2D eigenvalue weighted by Gasteiger charge is -2.37. The fraction of sp³-hybridized carbons (Fsp3) is 0.484. The lowest BCUT2D eigenvalue weighted by molar-refractivity contribution is -0.127. The molecule has 0 saturated carbocycles. The topological polar surface area (TPSA) is 77.9 Å². The Morgan fingerprint density at radius 3 is 2.74 bits per heavy atom. The number of piperidine rings is 1. The summed E-state index contributed by atoms with van der Waals surface area (Å²) in [6.45, 7) is 4.43. The van der Waals surface area contributed by atoms with Gasteiger partial charge in [-0.25, -0.2) is 4.98 Å². The second kappa shape index (κ2) is 13.0. The Kier molecular flexibility index (Phi) is 9.04. The monoisotopic (exact) mass is 532 g/mol. The SMILES string of the molecule is COc1ccc(CN2C[C@@H](COc3ccc4c(c3)CCC4)C[C@@H](C(=O)NCCCn3ccnc3)C2)cc1OC. The molecule has 0 bridgehead atoms. The number of rotatable bonds is 12. The number of aryl methyl sites for hydroxylation is 3. The molecule has 8 nitrogen and oxygen atoms in total. The van der Waals surface area contributed by atoms with Gasteiger partial charge in [0, 0.05) is 51.0 Å². The van der Waals surface area contributed by atoms with Crippen molar-refractivity contribution in [3.63, 3.8) is 0 Å². The lowest BCUT2D eigenvalue weighted by atomic mass is 9.88. The molecule has 1 aliphatic heterocycles. The van der Waals surface area contributed by atoms with Crippen molar-refractivity contribution >= 4 is 5.91 Å². The van der Waals surface area contributed by atoms with Gasteiger partial charge in [0.1, 0.15) is 5.75 Å². The molecule has 2 heterocycles. The third-order valence-corrected chi connectivity index (χ3v) is 7.84. The highest BCUT2D eigenvalue weighted by Crippen LogP contribution is 2.31. The summed E-state index contributed by atoms with van der Waals surface area (Å²) in [5, 5.41) is 3.18. The summed E-state index contributed by atoms with van der Waals surface area (Å²) < 4.78 is 19.3. The average molecular weight is 533 g/mol. The van der Waals surface area contributed by atoms with Crippen LogP contribution in [-0.4, -0.2) is 60.8 Å². The largest absolute Gasteiger partial charge is 0.493 e. The van der Waals surface area contributed by atoms with Crippen LogP contribution in [0.5, 0.6) is 17.2 Å². The number of likely N-dealkylation sites (tertiary alicyclic amines) is 1. The number of aromatic nitrogens is 2. The summed E-state index contributed by atoms with van der Waals surface area (Å²) in [6.07, 6.45) is 10.8. The van der Waals surface area contributed by atoms with E-state index in [1.54, 1.807) is 26.7 Å². The van der Waals surface area contributed by atoms with Gasteiger partial charge in [-0.05, 0) is 73.1 Å². The number of benzene rings is 2. The molecular weight excluding hydrogens is 492 g/mol. The molecule has 2 aliphatic rings. The maximum Gasteiger partial charge on any atom is 0.224 e. The number of imidazole rings is 1. The number of methoxy groups -OCH3 is 2. The Labute approximate surface area is 231 Å². The Morgan fingerprint density at radius 2 is 1.92 bits per heavy atom. The van der Waals surface area contributed by atoms with E-state index in [0.29, 0.717) is 18.9 Å². The minimum absolute atomic E-state index is 0.0826. The van der Waals surface area contributed by atoms with Crippen molar-refractivity contribution in [2.24, 2.45) is 11.8 Å². The van der Waals surface area contributed by atoms with Crippen LogP contribution in [-0.2, 0) is 30.7 Å². The van der Waals surface area contributed by atoms with E-state index >= 15 is 0 Å². The average Bonchev–Trinajstić information content (AvgIpc) is 3.66. The number of nitrogens with one attached hydrogen (secondary N) is 1. The fourth-order valence-electron chi connectivity index (χ4n) is 5.87. The molecule has 1 N–H and O–H groups in total. The van der Waals surface area contributed by atoms with Gasteiger partial charge in [-0.2, -0.15) is 0 Å². The Bertz CT molecular complexity index is 1230. The molecular formula is C31H40N4O4. The third-order valence-electron chi connectivity index (χ3n) is 7.84. The molecule has 1 fully saturated rings. The van der Waals surface area contributed by atoms with E-state index in [0.717, 1.165) is 62.5 Å². The first kappa shape index (κ1) is 27.1. The first-order chi connectivity index (χ1) is 19.1. The van der Waals surface area contributed by atoms with Crippen molar-refractivity contribution in [2.45, 2.75) is 45.2 Å². The van der Waals surface area contributed by atoms with Crippen LogP contribution in [0.25, 0.3) is 0 Å². The second-order valence-electron chi connectivity index (χ2n) is 10.7. The van der Waals surface area contributed by atoms with Crippen molar-refractivity contribution in [1.29, 1.82) is 0 Å². The molecule has 0 unspecified atom stereocenters. The van der Waals surface area contributed by atoms with Crippen LogP contribution in [0.3, 0.4) is 0 Å². The highest BCUT2D eigenvalue weighted by atomic mass is 16.5. The van der Waals surface area contributed by atoms with Crippen LogP contribution in [0, 0.1) is 11.8 Å². The molecule has 39 heavy (non-hydrogen) atoms. The van der Waals surface area contributed by atoms with E-state index in [1.807, 2.05) is 22.9 Å². The number of nitrogens with zero attached hydrogens (tertiary/aromatic N) is 3. The fourth-order valence-corrected chi connectivity index (χ4v) is 5.87. The molecule has 0 radical (unpaired) electrons. The zero-order chi connectivity index (χ0) is 27.0. The summed E-state index contributed by atoms with van der Waals surface area (Å²) >= 11 is 0. The van der Waals surface area contributed by atoms with E-state index in [2.05, 4.69) is 39.5 Å². The van der Waals surface area contributed by atoms with Crippen LogP contribution in [0.2, 0.25) is 0 Å². The number of carbonyl (C=O) groups excluding carboxylic acids is 1. The third kappa shape index (κ3) is 7.12. The maximum atomic E-state index is 13.3. The molecule has 1 aliphatic carbocycles. The molecule has 3 aromatic rings. The number of fused-ring (bicyclic) bond motifs is 1. The van der Waals surface area contributed by atoms with Gasteiger partial charge in [0.2, 0.25) is 5.91 Å². The summed E-state index contributed by atoms with van der Waals surface area (Å²) in [6, 6.07) is 12.5. The molecule has 5 rings (SSSR count). The van der Waals surface area contributed by atoms with Crippen molar-refractivity contribution in [2.75, 3.05) is 40.5 Å². The van der Waals surface area contributed by atoms with Gasteiger partial charge in [-0.3, -0.25) is 9.69 Å². The van der Waals surface area contributed by atoms with E-state index < -0.39 is 0 Å². The van der Waals surface area contributed by atoms with Crippen LogP contribution in [0.1, 0.15) is 36.0 Å². The van der Waals surface area contributed by atoms with Gasteiger partial charge in [0.15, 0.2) is 11.5 Å². The first-order valence-electron chi connectivity index (χ1n) is 14.0. The number of hydrogen-bond acceptors (Lipinski definition) is 6. The Morgan fingerprint density at radius 1 is 1.05 bits per heavy atom. The van der Waals surface area contributed by atoms with Gasteiger partial charge >= 0.3 is 0 Å². The number of ether oxygens (including phenoxy) is 3. The van der Waals surface area contributed by atoms with Gasteiger partial charge in [-0.1, -0.05) is 12.1 Å². The Hall–Kier alpha value is -3.52. The second-order valence-corrected chi connectivity index (χ2v) is 10.7. The summed E-state index contributed by atoms with van der Waals surface area (Å²) in [5.41, 5.74) is 4.00. The van der Waals surface area contributed by atoms with E-state index in [1.165, 1.54) is 24.0 Å². The summed E-state index contributed by atoms with van der Waals surface area (Å²) in [7, 11) is 3.30. The summed E-state index contributed by atoms with van der Waals surface area (Å²) in [5.74, 6) is 2.67. The van der Waals surface area contributed by atoms with Crippen LogP contribution < -0.4 is 19.5 Å². The molecule has 1 aromatic heterocycles. The minimum Gasteiger partial charge on any atom is -0.493 e. The number of amides is 1. The summed E-state index contributed by atoms with van der Waals surface area (Å²) in [4.78, 5) is 19.7. The molecule has 1 amide bonds. The van der Waals surface area contributed by atoms with Crippen molar-refractivity contribution in [1.82, 2.24) is 19.8 Å². The maximum absolute atomic E-state index is 13.3. The molecule has 8 heteroatoms. The first-order valence-corrected chi connectivity index (χ1v) is 14.0. The Balaban J connectivity index is 1.22. The van der Waals surface area contributed by atoms with Crippen molar-refractivity contribution in [3.8, 4) is 17.2 Å². The molecule has 0 spiro atoms. The van der Waals surface area contributed by atoms with Gasteiger partial charge in [-0.15, -0.1) is 0 Å². The predicted octanol–water partition coefficient (Wildman–Crippen LogP) is 4.11. The number of hydrogen-bond donors (Lipinski definition) is 1. The molecule has 208 valence electrons. The smallest absolute Gasteiger partial charge is 0.224 e. The molecule has 2 aromatic carbocycles. The molecule has 1 saturated heterocycles. The quantitative estimate of drug-likeness (QED) is 0.354. The van der Waals surface area contributed by atoms with Crippen LogP contribution in [0.4, 0.5) is 0 Å². The van der Waals surface area contributed by atoms with Crippen LogP contribution >= 0.6 is 0 Å². The van der Waals surface area contributed by atoms with E-state index in [9.17, 15) is 4.79 Å². The highest BCUT2D eigenvalue weighted by molar-refractivity contribution is 5.79. The normalized spacial score (nSPS) is 18.9. The zero-order valence-electron chi connectivity index (χ0n) is 23.1. The van der Waals surface area contributed by atoms with Gasteiger partial charge in [0.05, 0.1) is 33.1 Å². The van der Waals surface area contributed by atoms with E-state index in [4.69, 9.17) is 14.2 Å². The predicted molar refractivity (Wildman–Crippen MR) is 150 cm³/mol. The highest BCUT2D eigenvalue weighted by Gasteiger charge is 2.32. The van der Waals surface area contributed by atoms with Gasteiger partial charge < -0.3 is 24.1 Å². The standard InChI is InChI=1S/C31H40N4O4/c1-37-29-10-7-23(16-30(29)38-2)18-35-19-24(21-39-28-9-8-25-5-3-6-26(25)17-28)15-27(20-35)31(36)33-11-4-13-34-14-12-32-22-34/h7-10,12,14,16-17,22,24,27H,3-6,11,13,15,18-21H2,1-2H3,(H,33,36)/t24-,27+/m0/s1. The minimum atomic E-state index is -0.0826. The van der Waals surface area contributed by atoms with E-state index in [-0.39, 0.29) is 17.7 Å². The van der Waals surface area contributed by atoms with Crippen LogP contribution in [0.15, 0.2) is 55.1 Å². The lowest BCUT2D eigenvalue weighted by Crippen LogP contribution is -2.47. The zero-order valence-corrected chi connectivity index (χ0v) is 23.1. The van der Waals surface area contributed by atoms with Crippen molar-refractivity contribution in [3.05, 3.63) is 71.8 Å². The van der Waals surface area contributed by atoms with Crippen molar-refractivity contribution < 1.29 is 19.0 Å². The molecule has 2 atom stereocenters.